The molecule has 7 nitrogen and oxygen atoms in total. The van der Waals surface area contributed by atoms with Crippen LogP contribution in [0.5, 0.6) is 0 Å². The van der Waals surface area contributed by atoms with Gasteiger partial charge in [-0.1, -0.05) is 24.3 Å². The molecule has 1 aromatic heterocycles. The second-order valence-electron chi connectivity index (χ2n) is 7.41. The van der Waals surface area contributed by atoms with Crippen LogP contribution in [-0.2, 0) is 10.0 Å². The topological polar surface area (TPSA) is 75.5 Å². The number of hydrogen-bond donors (Lipinski definition) is 0. The lowest BCUT2D eigenvalue weighted by Gasteiger charge is -2.34. The molecule has 156 valence electrons. The Kier molecular flexibility index (Phi) is 5.44. The van der Waals surface area contributed by atoms with E-state index in [4.69, 9.17) is 0 Å². The van der Waals surface area contributed by atoms with Gasteiger partial charge >= 0.3 is 0 Å². The van der Waals surface area contributed by atoms with Gasteiger partial charge in [0.05, 0.1) is 10.6 Å². The first kappa shape index (κ1) is 20.3. The first-order valence-electron chi connectivity index (χ1n) is 9.84. The predicted octanol–water partition coefficient (Wildman–Crippen LogP) is 2.36. The van der Waals surface area contributed by atoms with Crippen molar-refractivity contribution in [3.05, 3.63) is 82.1 Å². The molecule has 0 spiro atoms. The molecule has 0 bridgehead atoms. The van der Waals surface area contributed by atoms with E-state index >= 15 is 0 Å². The molecule has 2 heterocycles. The lowest BCUT2D eigenvalue weighted by molar-refractivity contribution is 0.383. The van der Waals surface area contributed by atoms with Crippen LogP contribution in [0.25, 0.3) is 5.69 Å². The molecule has 1 aliphatic rings. The summed E-state index contributed by atoms with van der Waals surface area (Å²) < 4.78 is 28.5. The fourth-order valence-corrected chi connectivity index (χ4v) is 4.95. The van der Waals surface area contributed by atoms with Gasteiger partial charge in [-0.15, -0.1) is 5.10 Å². The summed E-state index contributed by atoms with van der Waals surface area (Å²) in [6.07, 6.45) is 0. The Morgan fingerprint density at radius 2 is 1.53 bits per heavy atom. The first-order valence-corrected chi connectivity index (χ1v) is 11.3. The van der Waals surface area contributed by atoms with Gasteiger partial charge in [-0.2, -0.15) is 8.99 Å². The Morgan fingerprint density at radius 1 is 0.833 bits per heavy atom. The van der Waals surface area contributed by atoms with Gasteiger partial charge in [-0.3, -0.25) is 4.79 Å². The van der Waals surface area contributed by atoms with Crippen LogP contribution in [0, 0.1) is 13.8 Å². The van der Waals surface area contributed by atoms with Gasteiger partial charge in [0.1, 0.15) is 5.82 Å². The fourth-order valence-electron chi connectivity index (χ4n) is 3.51. The van der Waals surface area contributed by atoms with Crippen LogP contribution in [0.3, 0.4) is 0 Å². The number of hydrogen-bond acceptors (Lipinski definition) is 5. The summed E-state index contributed by atoms with van der Waals surface area (Å²) in [4.78, 5) is 14.7. The zero-order valence-corrected chi connectivity index (χ0v) is 17.8. The highest BCUT2D eigenvalue weighted by molar-refractivity contribution is 7.89. The lowest BCUT2D eigenvalue weighted by atomic mass is 10.1. The van der Waals surface area contributed by atoms with Gasteiger partial charge in [0.15, 0.2) is 0 Å². The van der Waals surface area contributed by atoms with E-state index in [1.165, 1.54) is 15.1 Å². The predicted molar refractivity (Wildman–Crippen MR) is 117 cm³/mol. The van der Waals surface area contributed by atoms with Crippen molar-refractivity contribution < 1.29 is 8.42 Å². The number of benzene rings is 2. The van der Waals surface area contributed by atoms with Gasteiger partial charge in [0.25, 0.3) is 5.56 Å². The third-order valence-corrected chi connectivity index (χ3v) is 7.38. The van der Waals surface area contributed by atoms with Gasteiger partial charge in [-0.25, -0.2) is 8.42 Å². The zero-order chi connectivity index (χ0) is 21.3. The molecule has 0 unspecified atom stereocenters. The summed E-state index contributed by atoms with van der Waals surface area (Å²) in [6.45, 7) is 5.76. The van der Waals surface area contributed by atoms with Crippen molar-refractivity contribution >= 4 is 15.8 Å². The summed E-state index contributed by atoms with van der Waals surface area (Å²) in [6, 6.07) is 17.5. The van der Waals surface area contributed by atoms with E-state index in [-0.39, 0.29) is 5.56 Å². The van der Waals surface area contributed by atoms with E-state index in [0.29, 0.717) is 36.9 Å². The molecule has 1 saturated heterocycles. The number of aryl methyl sites for hydroxylation is 2. The summed E-state index contributed by atoms with van der Waals surface area (Å²) in [5.41, 5.74) is 2.76. The van der Waals surface area contributed by atoms with E-state index in [2.05, 4.69) is 5.10 Å². The van der Waals surface area contributed by atoms with E-state index in [1.807, 2.05) is 36.9 Å². The summed E-state index contributed by atoms with van der Waals surface area (Å²) in [7, 11) is -3.50. The highest BCUT2D eigenvalue weighted by atomic mass is 32.2. The number of aromatic nitrogens is 2. The van der Waals surface area contributed by atoms with Crippen LogP contribution >= 0.6 is 0 Å². The molecule has 0 saturated carbocycles. The highest BCUT2D eigenvalue weighted by Crippen LogP contribution is 2.20. The maximum atomic E-state index is 12.8. The molecule has 0 aliphatic carbocycles. The van der Waals surface area contributed by atoms with Gasteiger partial charge in [0, 0.05) is 32.2 Å². The maximum Gasteiger partial charge on any atom is 0.271 e. The van der Waals surface area contributed by atoms with Crippen molar-refractivity contribution in [1.82, 2.24) is 14.1 Å². The van der Waals surface area contributed by atoms with Crippen LogP contribution in [-0.4, -0.2) is 48.7 Å². The van der Waals surface area contributed by atoms with Crippen molar-refractivity contribution in [3.8, 4) is 5.69 Å². The molecule has 0 atom stereocenters. The molecule has 3 aromatic rings. The molecule has 30 heavy (non-hydrogen) atoms. The van der Waals surface area contributed by atoms with Crippen LogP contribution in [0.2, 0.25) is 0 Å². The number of nitrogens with zero attached hydrogens (tertiary/aromatic N) is 4. The molecular formula is C22H24N4O3S. The van der Waals surface area contributed by atoms with E-state index in [0.717, 1.165) is 16.8 Å². The number of rotatable bonds is 4. The molecule has 0 N–H and O–H groups in total. The molecule has 8 heteroatoms. The smallest absolute Gasteiger partial charge is 0.271 e. The third kappa shape index (κ3) is 3.88. The Morgan fingerprint density at radius 3 is 2.20 bits per heavy atom. The van der Waals surface area contributed by atoms with E-state index < -0.39 is 10.0 Å². The molecule has 0 amide bonds. The highest BCUT2D eigenvalue weighted by Gasteiger charge is 2.29. The monoisotopic (exact) mass is 424 g/mol. The fraction of sp³-hybridized carbons (Fsp3) is 0.273. The van der Waals surface area contributed by atoms with Crippen molar-refractivity contribution in [3.63, 3.8) is 0 Å². The van der Waals surface area contributed by atoms with Crippen molar-refractivity contribution in [2.24, 2.45) is 0 Å². The van der Waals surface area contributed by atoms with Crippen molar-refractivity contribution in [2.45, 2.75) is 18.7 Å². The van der Waals surface area contributed by atoms with Gasteiger partial charge in [-0.05, 0) is 55.3 Å². The Balaban J connectivity index is 1.54. The van der Waals surface area contributed by atoms with Gasteiger partial charge < -0.3 is 4.90 Å². The minimum atomic E-state index is -3.50. The molecule has 4 rings (SSSR count). The lowest BCUT2D eigenvalue weighted by Crippen LogP contribution is -2.49. The molecule has 1 fully saturated rings. The zero-order valence-electron chi connectivity index (χ0n) is 17.0. The largest absolute Gasteiger partial charge is 0.353 e. The quantitative estimate of drug-likeness (QED) is 0.643. The van der Waals surface area contributed by atoms with Crippen LogP contribution in [0.1, 0.15) is 11.1 Å². The van der Waals surface area contributed by atoms with Crippen LogP contribution in [0.15, 0.2) is 70.4 Å². The minimum absolute atomic E-state index is 0.202. The Hall–Kier alpha value is -2.97. The van der Waals surface area contributed by atoms with E-state index in [9.17, 15) is 13.2 Å². The first-order chi connectivity index (χ1) is 14.4. The summed E-state index contributed by atoms with van der Waals surface area (Å²) in [5.74, 6) is 0.657. The molecular weight excluding hydrogens is 400 g/mol. The second-order valence-corrected chi connectivity index (χ2v) is 9.35. The minimum Gasteiger partial charge on any atom is -0.353 e. The number of sulfonamides is 1. The van der Waals surface area contributed by atoms with E-state index in [1.54, 1.807) is 36.4 Å². The summed E-state index contributed by atoms with van der Waals surface area (Å²) in [5, 5.41) is 4.54. The second kappa shape index (κ2) is 8.04. The Labute approximate surface area is 176 Å². The molecule has 1 aliphatic heterocycles. The standard InChI is InChI=1S/C22H24N4O3S/c1-17-8-9-19(16-18(17)2)26-22(27)11-10-21(23-26)24-12-14-25(15-13-24)30(28,29)20-6-4-3-5-7-20/h3-11,16H,12-15H2,1-2H3. The third-order valence-electron chi connectivity index (χ3n) is 5.46. The average molecular weight is 425 g/mol. The van der Waals surface area contributed by atoms with Crippen molar-refractivity contribution in [1.29, 1.82) is 0 Å². The normalized spacial score (nSPS) is 15.3. The van der Waals surface area contributed by atoms with Gasteiger partial charge in [0.2, 0.25) is 10.0 Å². The van der Waals surface area contributed by atoms with Crippen LogP contribution < -0.4 is 10.5 Å². The number of anilines is 1. The van der Waals surface area contributed by atoms with Crippen LogP contribution in [0.4, 0.5) is 5.82 Å². The Bertz CT molecular complexity index is 1210. The molecule has 2 aromatic carbocycles. The average Bonchev–Trinajstić information content (AvgIpc) is 2.77. The number of piperazine rings is 1. The maximum absolute atomic E-state index is 12.8. The SMILES string of the molecule is Cc1ccc(-n2nc(N3CCN(S(=O)(=O)c4ccccc4)CC3)ccc2=O)cc1C. The molecule has 0 radical (unpaired) electrons. The summed E-state index contributed by atoms with van der Waals surface area (Å²) >= 11 is 0. The van der Waals surface area contributed by atoms with Crippen molar-refractivity contribution in [2.75, 3.05) is 31.1 Å².